The van der Waals surface area contributed by atoms with E-state index in [9.17, 15) is 0 Å². The van der Waals surface area contributed by atoms with Crippen LogP contribution in [0.4, 0.5) is 11.4 Å². The fraction of sp³-hybridized carbons (Fsp3) is 0.143. The van der Waals surface area contributed by atoms with Gasteiger partial charge in [0.25, 0.3) is 0 Å². The van der Waals surface area contributed by atoms with E-state index in [1.54, 1.807) is 0 Å². The van der Waals surface area contributed by atoms with Crippen molar-refractivity contribution in [2.45, 2.75) is 13.3 Å². The van der Waals surface area contributed by atoms with Gasteiger partial charge in [-0.05, 0) is 30.2 Å². The highest BCUT2D eigenvalue weighted by Gasteiger charge is 1.90. The lowest BCUT2D eigenvalue weighted by atomic mass is 10.1. The number of anilines is 2. The third kappa shape index (κ3) is 4.05. The Bertz CT molecular complexity index is 410. The second-order valence-electron chi connectivity index (χ2n) is 3.46. The van der Waals surface area contributed by atoms with Crippen LogP contribution in [0.15, 0.2) is 54.6 Å². The summed E-state index contributed by atoms with van der Waals surface area (Å²) in [5, 5.41) is 0. The van der Waals surface area contributed by atoms with E-state index in [1.165, 1.54) is 5.56 Å². The molecule has 0 aliphatic carbocycles. The maximum Gasteiger partial charge on any atom is 0.0346 e. The highest BCUT2D eigenvalue weighted by molar-refractivity contribution is 5.46. The van der Waals surface area contributed by atoms with Crippen molar-refractivity contribution in [3.05, 3.63) is 60.2 Å². The largest absolute Gasteiger partial charge is 0.399 e. The summed E-state index contributed by atoms with van der Waals surface area (Å²) >= 11 is 0. The van der Waals surface area contributed by atoms with Crippen LogP contribution in [0.3, 0.4) is 0 Å². The van der Waals surface area contributed by atoms with Crippen molar-refractivity contribution in [1.29, 1.82) is 0 Å². The summed E-state index contributed by atoms with van der Waals surface area (Å²) in [5.41, 5.74) is 13.9. The van der Waals surface area contributed by atoms with Gasteiger partial charge in [0, 0.05) is 11.4 Å². The predicted octanol–water partition coefficient (Wildman–Crippen LogP) is 3.10. The summed E-state index contributed by atoms with van der Waals surface area (Å²) in [6, 6.07) is 17.4. The molecule has 0 spiro atoms. The Morgan fingerprint density at radius 2 is 1.38 bits per heavy atom. The quantitative estimate of drug-likeness (QED) is 0.717. The van der Waals surface area contributed by atoms with Crippen LogP contribution in [-0.2, 0) is 6.42 Å². The molecular weight excluding hydrogens is 196 g/mol. The SMILES string of the molecule is CCc1ccccc1N.Nc1ccccc1. The van der Waals surface area contributed by atoms with Crippen LogP contribution >= 0.6 is 0 Å². The Labute approximate surface area is 96.9 Å². The minimum atomic E-state index is 0.822. The number of aryl methyl sites for hydroxylation is 1. The normalized spacial score (nSPS) is 9.06. The molecule has 0 aromatic heterocycles. The molecule has 0 aliphatic rings. The van der Waals surface area contributed by atoms with E-state index in [1.807, 2.05) is 48.5 Å². The number of rotatable bonds is 1. The average Bonchev–Trinajstić information content (AvgIpc) is 2.31. The van der Waals surface area contributed by atoms with E-state index >= 15 is 0 Å². The smallest absolute Gasteiger partial charge is 0.0346 e. The van der Waals surface area contributed by atoms with Crippen molar-refractivity contribution in [2.24, 2.45) is 0 Å². The maximum absolute atomic E-state index is 5.63. The maximum atomic E-state index is 5.63. The predicted molar refractivity (Wildman–Crippen MR) is 71.1 cm³/mol. The number of nitrogen functional groups attached to an aromatic ring is 2. The molecule has 2 rings (SSSR count). The van der Waals surface area contributed by atoms with Gasteiger partial charge in [-0.3, -0.25) is 0 Å². The molecule has 0 bridgehead atoms. The zero-order chi connectivity index (χ0) is 11.8. The van der Waals surface area contributed by atoms with Gasteiger partial charge in [-0.15, -0.1) is 0 Å². The third-order valence-electron chi connectivity index (χ3n) is 2.24. The second kappa shape index (κ2) is 6.51. The van der Waals surface area contributed by atoms with E-state index in [0.717, 1.165) is 17.8 Å². The van der Waals surface area contributed by atoms with E-state index in [-0.39, 0.29) is 0 Å². The number of para-hydroxylation sites is 2. The molecular formula is C14H18N2. The van der Waals surface area contributed by atoms with Crippen LogP contribution < -0.4 is 11.5 Å². The Morgan fingerprint density at radius 1 is 0.812 bits per heavy atom. The van der Waals surface area contributed by atoms with Gasteiger partial charge in [-0.25, -0.2) is 0 Å². The molecule has 0 fully saturated rings. The number of benzene rings is 2. The van der Waals surface area contributed by atoms with Crippen molar-refractivity contribution in [1.82, 2.24) is 0 Å². The summed E-state index contributed by atoms with van der Waals surface area (Å²) in [4.78, 5) is 0. The van der Waals surface area contributed by atoms with Crippen molar-refractivity contribution in [3.8, 4) is 0 Å². The van der Waals surface area contributed by atoms with Crippen LogP contribution in [-0.4, -0.2) is 0 Å². The van der Waals surface area contributed by atoms with Crippen molar-refractivity contribution in [3.63, 3.8) is 0 Å². The van der Waals surface area contributed by atoms with Gasteiger partial charge in [0.05, 0.1) is 0 Å². The molecule has 0 atom stereocenters. The molecule has 2 heteroatoms. The van der Waals surface area contributed by atoms with E-state index in [2.05, 4.69) is 13.0 Å². The van der Waals surface area contributed by atoms with Gasteiger partial charge >= 0.3 is 0 Å². The molecule has 0 aliphatic heterocycles. The van der Waals surface area contributed by atoms with Crippen LogP contribution in [0.1, 0.15) is 12.5 Å². The molecule has 2 aromatic carbocycles. The summed E-state index contributed by atoms with van der Waals surface area (Å²) in [7, 11) is 0. The topological polar surface area (TPSA) is 52.0 Å². The summed E-state index contributed by atoms with van der Waals surface area (Å²) < 4.78 is 0. The fourth-order valence-corrected chi connectivity index (χ4v) is 1.31. The first-order chi connectivity index (χ1) is 7.74. The Morgan fingerprint density at radius 3 is 1.75 bits per heavy atom. The number of hydrogen-bond acceptors (Lipinski definition) is 2. The highest BCUT2D eigenvalue weighted by Crippen LogP contribution is 2.09. The monoisotopic (exact) mass is 214 g/mol. The molecule has 4 N–H and O–H groups in total. The van der Waals surface area contributed by atoms with E-state index in [4.69, 9.17) is 11.5 Å². The van der Waals surface area contributed by atoms with Gasteiger partial charge < -0.3 is 11.5 Å². The van der Waals surface area contributed by atoms with Crippen LogP contribution in [0.2, 0.25) is 0 Å². The van der Waals surface area contributed by atoms with Gasteiger partial charge in [-0.1, -0.05) is 43.3 Å². The molecule has 84 valence electrons. The molecule has 0 amide bonds. The molecule has 2 aromatic rings. The average molecular weight is 214 g/mol. The minimum absolute atomic E-state index is 0.822. The minimum Gasteiger partial charge on any atom is -0.399 e. The highest BCUT2D eigenvalue weighted by atomic mass is 14.5. The lowest BCUT2D eigenvalue weighted by Crippen LogP contribution is -1.90. The molecule has 0 saturated heterocycles. The zero-order valence-corrected chi connectivity index (χ0v) is 9.56. The summed E-state index contributed by atoms with van der Waals surface area (Å²) in [5.74, 6) is 0. The third-order valence-corrected chi connectivity index (χ3v) is 2.24. The van der Waals surface area contributed by atoms with Gasteiger partial charge in [0.1, 0.15) is 0 Å². The van der Waals surface area contributed by atoms with Gasteiger partial charge in [-0.2, -0.15) is 0 Å². The van der Waals surface area contributed by atoms with Gasteiger partial charge in [0.2, 0.25) is 0 Å². The summed E-state index contributed by atoms with van der Waals surface area (Å²) in [6.45, 7) is 2.10. The molecule has 0 unspecified atom stereocenters. The Hall–Kier alpha value is -1.96. The first kappa shape index (κ1) is 12.1. The molecule has 16 heavy (non-hydrogen) atoms. The number of nitrogens with two attached hydrogens (primary N) is 2. The first-order valence-electron chi connectivity index (χ1n) is 5.38. The second-order valence-corrected chi connectivity index (χ2v) is 3.46. The molecule has 0 heterocycles. The zero-order valence-electron chi connectivity index (χ0n) is 9.56. The van der Waals surface area contributed by atoms with Crippen LogP contribution in [0.5, 0.6) is 0 Å². The van der Waals surface area contributed by atoms with Gasteiger partial charge in [0.15, 0.2) is 0 Å². The lowest BCUT2D eigenvalue weighted by molar-refractivity contribution is 1.14. The molecule has 2 nitrogen and oxygen atoms in total. The summed E-state index contributed by atoms with van der Waals surface area (Å²) in [6.07, 6.45) is 1.02. The van der Waals surface area contributed by atoms with Crippen LogP contribution in [0, 0.1) is 0 Å². The van der Waals surface area contributed by atoms with Crippen molar-refractivity contribution in [2.75, 3.05) is 11.5 Å². The lowest BCUT2D eigenvalue weighted by Gasteiger charge is -1.98. The number of hydrogen-bond donors (Lipinski definition) is 2. The Kier molecular flexibility index (Phi) is 4.93. The first-order valence-corrected chi connectivity index (χ1v) is 5.38. The molecule has 0 radical (unpaired) electrons. The Balaban J connectivity index is 0.000000165. The fourth-order valence-electron chi connectivity index (χ4n) is 1.31. The van der Waals surface area contributed by atoms with Crippen molar-refractivity contribution >= 4 is 11.4 Å². The standard InChI is InChI=1S/C8H11N.C6H7N/c1-2-7-5-3-4-6-8(7)9;7-6-4-2-1-3-5-6/h3-6H,2,9H2,1H3;1-5H,7H2. The van der Waals surface area contributed by atoms with E-state index in [0.29, 0.717) is 0 Å². The van der Waals surface area contributed by atoms with Crippen molar-refractivity contribution < 1.29 is 0 Å². The van der Waals surface area contributed by atoms with E-state index < -0.39 is 0 Å². The van der Waals surface area contributed by atoms with Crippen LogP contribution in [0.25, 0.3) is 0 Å². The molecule has 0 saturated carbocycles.